The normalized spacial score (nSPS) is 15.5. The van der Waals surface area contributed by atoms with Gasteiger partial charge in [-0.05, 0) is 24.6 Å². The first-order chi connectivity index (χ1) is 8.47. The summed E-state index contributed by atoms with van der Waals surface area (Å²) in [6.45, 7) is 1.55. The molecule has 1 saturated heterocycles. The van der Waals surface area contributed by atoms with Crippen molar-refractivity contribution >= 4 is 23.4 Å². The van der Waals surface area contributed by atoms with Crippen LogP contribution in [0.3, 0.4) is 0 Å². The molecule has 1 aromatic rings. The molecule has 1 heterocycles. The first kappa shape index (κ1) is 12.1. The Morgan fingerprint density at radius 1 is 1.28 bits per heavy atom. The van der Waals surface area contributed by atoms with Crippen molar-refractivity contribution in [2.24, 2.45) is 0 Å². The Bertz CT molecular complexity index is 523. The highest BCUT2D eigenvalue weighted by Gasteiger charge is 2.27. The molecule has 3 N–H and O–H groups in total. The highest BCUT2D eigenvalue weighted by atomic mass is 16.2. The van der Waals surface area contributed by atoms with Crippen molar-refractivity contribution in [1.82, 2.24) is 10.2 Å². The number of nitrogens with two attached hydrogens (primary N) is 1. The molecule has 0 spiro atoms. The summed E-state index contributed by atoms with van der Waals surface area (Å²) in [7, 11) is 0. The molecule has 0 bridgehead atoms. The smallest absolute Gasteiger partial charge is 0.255 e. The molecule has 6 heteroatoms. The second-order valence-electron chi connectivity index (χ2n) is 4.21. The van der Waals surface area contributed by atoms with Crippen LogP contribution in [0.2, 0.25) is 0 Å². The number of rotatable bonds is 1. The lowest BCUT2D eigenvalue weighted by Gasteiger charge is -2.26. The second kappa shape index (κ2) is 4.48. The summed E-state index contributed by atoms with van der Waals surface area (Å²) in [6, 6.07) is 4.98. The first-order valence-corrected chi connectivity index (χ1v) is 5.45. The Balaban J connectivity index is 2.28. The van der Waals surface area contributed by atoms with E-state index in [-0.39, 0.29) is 19.0 Å². The molecule has 3 amide bonds. The van der Waals surface area contributed by atoms with Gasteiger partial charge in [-0.3, -0.25) is 19.7 Å². The van der Waals surface area contributed by atoms with Gasteiger partial charge in [-0.25, -0.2) is 0 Å². The van der Waals surface area contributed by atoms with Crippen molar-refractivity contribution in [2.45, 2.75) is 6.92 Å². The molecular formula is C12H13N3O3. The molecule has 1 aromatic carbocycles. The van der Waals surface area contributed by atoms with Crippen molar-refractivity contribution in [3.63, 3.8) is 0 Å². The molecule has 94 valence electrons. The number of imide groups is 1. The van der Waals surface area contributed by atoms with E-state index in [1.54, 1.807) is 25.1 Å². The number of anilines is 1. The zero-order valence-corrected chi connectivity index (χ0v) is 9.90. The maximum absolute atomic E-state index is 12.2. The number of nitrogen functional groups attached to an aromatic ring is 1. The quantitative estimate of drug-likeness (QED) is 0.525. The van der Waals surface area contributed by atoms with Crippen LogP contribution in [0.1, 0.15) is 15.9 Å². The van der Waals surface area contributed by atoms with E-state index in [0.29, 0.717) is 11.3 Å². The van der Waals surface area contributed by atoms with Gasteiger partial charge in [-0.2, -0.15) is 0 Å². The van der Waals surface area contributed by atoms with Crippen LogP contribution in [-0.2, 0) is 9.59 Å². The average Bonchev–Trinajstić information content (AvgIpc) is 2.30. The van der Waals surface area contributed by atoms with Gasteiger partial charge in [0.05, 0.1) is 0 Å². The first-order valence-electron chi connectivity index (χ1n) is 5.45. The summed E-state index contributed by atoms with van der Waals surface area (Å²) in [4.78, 5) is 35.9. The summed E-state index contributed by atoms with van der Waals surface area (Å²) >= 11 is 0. The Morgan fingerprint density at radius 3 is 2.50 bits per heavy atom. The number of carbonyl (C=O) groups excluding carboxylic acids is 3. The number of benzene rings is 1. The lowest BCUT2D eigenvalue weighted by atomic mass is 10.1. The highest BCUT2D eigenvalue weighted by Crippen LogP contribution is 2.15. The Morgan fingerprint density at radius 2 is 1.89 bits per heavy atom. The average molecular weight is 247 g/mol. The second-order valence-corrected chi connectivity index (χ2v) is 4.21. The third kappa shape index (κ3) is 2.32. The lowest BCUT2D eigenvalue weighted by molar-refractivity contribution is -0.135. The number of hydrogen-bond donors (Lipinski definition) is 2. The molecular weight excluding hydrogens is 234 g/mol. The molecule has 6 nitrogen and oxygen atoms in total. The van der Waals surface area contributed by atoms with Crippen LogP contribution in [0.15, 0.2) is 18.2 Å². The predicted molar refractivity (Wildman–Crippen MR) is 64.6 cm³/mol. The van der Waals surface area contributed by atoms with E-state index < -0.39 is 11.8 Å². The van der Waals surface area contributed by atoms with Gasteiger partial charge in [0.15, 0.2) is 0 Å². The number of hydrogen-bond acceptors (Lipinski definition) is 4. The maximum Gasteiger partial charge on any atom is 0.255 e. The van der Waals surface area contributed by atoms with Crippen molar-refractivity contribution in [1.29, 1.82) is 0 Å². The molecule has 0 saturated carbocycles. The Hall–Kier alpha value is -2.37. The minimum absolute atomic E-state index is 0.112. The molecule has 18 heavy (non-hydrogen) atoms. The van der Waals surface area contributed by atoms with Crippen molar-refractivity contribution in [2.75, 3.05) is 18.8 Å². The van der Waals surface area contributed by atoms with Crippen LogP contribution in [0.5, 0.6) is 0 Å². The summed E-state index contributed by atoms with van der Waals surface area (Å²) in [5.74, 6) is -1.30. The third-order valence-corrected chi connectivity index (χ3v) is 2.73. The molecule has 1 aliphatic rings. The zero-order valence-electron chi connectivity index (χ0n) is 9.90. The van der Waals surface area contributed by atoms with Gasteiger partial charge in [0, 0.05) is 11.3 Å². The maximum atomic E-state index is 12.2. The van der Waals surface area contributed by atoms with Crippen LogP contribution < -0.4 is 11.1 Å². The minimum atomic E-state index is -0.471. The van der Waals surface area contributed by atoms with Gasteiger partial charge in [0.25, 0.3) is 5.91 Å². The zero-order chi connectivity index (χ0) is 13.3. The fourth-order valence-electron chi connectivity index (χ4n) is 1.82. The topological polar surface area (TPSA) is 92.5 Å². The van der Waals surface area contributed by atoms with Crippen LogP contribution in [-0.4, -0.2) is 35.7 Å². The fraction of sp³-hybridized carbons (Fsp3) is 0.250. The van der Waals surface area contributed by atoms with Crippen molar-refractivity contribution in [3.8, 4) is 0 Å². The predicted octanol–water partition coefficient (Wildman–Crippen LogP) is -0.324. The largest absolute Gasteiger partial charge is 0.399 e. The number of carbonyl (C=O) groups is 3. The van der Waals surface area contributed by atoms with E-state index in [2.05, 4.69) is 5.32 Å². The molecule has 0 aliphatic carbocycles. The monoisotopic (exact) mass is 247 g/mol. The standard InChI is InChI=1S/C12H13N3O3/c1-7-2-3-8(13)4-9(7)12(18)15-5-10(16)14-11(17)6-15/h2-4H,5-6,13H2,1H3,(H,14,16,17). The number of amides is 3. The molecule has 1 aliphatic heterocycles. The van der Waals surface area contributed by atoms with Crippen LogP contribution >= 0.6 is 0 Å². The van der Waals surface area contributed by atoms with Crippen molar-refractivity contribution < 1.29 is 14.4 Å². The van der Waals surface area contributed by atoms with Gasteiger partial charge >= 0.3 is 0 Å². The van der Waals surface area contributed by atoms with E-state index in [9.17, 15) is 14.4 Å². The van der Waals surface area contributed by atoms with E-state index in [0.717, 1.165) is 5.56 Å². The molecule has 0 atom stereocenters. The summed E-state index contributed by atoms with van der Waals surface area (Å²) in [6.07, 6.45) is 0. The van der Waals surface area contributed by atoms with Gasteiger partial charge < -0.3 is 10.6 Å². The summed E-state index contributed by atoms with van der Waals surface area (Å²) < 4.78 is 0. The Labute approximate surface area is 104 Å². The third-order valence-electron chi connectivity index (χ3n) is 2.73. The van der Waals surface area contributed by atoms with E-state index in [1.165, 1.54) is 4.90 Å². The van der Waals surface area contributed by atoms with Gasteiger partial charge in [-0.15, -0.1) is 0 Å². The highest BCUT2D eigenvalue weighted by molar-refractivity contribution is 6.06. The SMILES string of the molecule is Cc1ccc(N)cc1C(=O)N1CC(=O)NC(=O)C1. The molecule has 0 radical (unpaired) electrons. The van der Waals surface area contributed by atoms with Crippen molar-refractivity contribution in [3.05, 3.63) is 29.3 Å². The van der Waals surface area contributed by atoms with Crippen LogP contribution in [0.4, 0.5) is 5.69 Å². The number of nitrogens with zero attached hydrogens (tertiary/aromatic N) is 1. The van der Waals surface area contributed by atoms with E-state index in [4.69, 9.17) is 5.73 Å². The number of nitrogens with one attached hydrogen (secondary N) is 1. The van der Waals surface area contributed by atoms with Gasteiger partial charge in [-0.1, -0.05) is 6.07 Å². The molecule has 0 unspecified atom stereocenters. The number of piperazine rings is 1. The van der Waals surface area contributed by atoms with Gasteiger partial charge in [0.2, 0.25) is 11.8 Å². The molecule has 2 rings (SSSR count). The molecule has 1 fully saturated rings. The van der Waals surface area contributed by atoms with E-state index in [1.807, 2.05) is 0 Å². The van der Waals surface area contributed by atoms with Crippen LogP contribution in [0.25, 0.3) is 0 Å². The summed E-state index contributed by atoms with van der Waals surface area (Å²) in [5.41, 5.74) is 7.27. The van der Waals surface area contributed by atoms with Gasteiger partial charge in [0.1, 0.15) is 13.1 Å². The van der Waals surface area contributed by atoms with E-state index >= 15 is 0 Å². The Kier molecular flexibility index (Phi) is 3.01. The number of aryl methyl sites for hydroxylation is 1. The summed E-state index contributed by atoms with van der Waals surface area (Å²) in [5, 5.41) is 2.15. The fourth-order valence-corrected chi connectivity index (χ4v) is 1.82. The lowest BCUT2D eigenvalue weighted by Crippen LogP contribution is -2.53. The molecule has 0 aromatic heterocycles. The minimum Gasteiger partial charge on any atom is -0.399 e. The van der Waals surface area contributed by atoms with Crippen LogP contribution in [0, 0.1) is 6.92 Å².